The van der Waals surface area contributed by atoms with E-state index in [-0.39, 0.29) is 5.69 Å². The Labute approximate surface area is 94.6 Å². The number of nitrogens with one attached hydrogen (secondary N) is 2. The van der Waals surface area contributed by atoms with Crippen LogP contribution in [0.5, 0.6) is 0 Å². The number of aromatic nitrogens is 4. The number of non-ortho nitro benzene ring substituents is 1. The number of hydrogen-bond donors (Lipinski definition) is 2. The summed E-state index contributed by atoms with van der Waals surface area (Å²) < 4.78 is 0. The molecule has 0 radical (unpaired) electrons. The fourth-order valence-corrected chi connectivity index (χ4v) is 1.68. The Balaban J connectivity index is 2.26. The van der Waals surface area contributed by atoms with E-state index >= 15 is 0 Å². The van der Waals surface area contributed by atoms with Gasteiger partial charge in [-0.3, -0.25) is 15.2 Å². The summed E-state index contributed by atoms with van der Waals surface area (Å²) in [6.45, 7) is 0. The minimum absolute atomic E-state index is 0.00971. The summed E-state index contributed by atoms with van der Waals surface area (Å²) in [6, 6.07) is 6.54. The molecule has 0 atom stereocenters. The van der Waals surface area contributed by atoms with Crippen molar-refractivity contribution < 1.29 is 4.92 Å². The maximum atomic E-state index is 10.8. The number of nitro groups is 1. The van der Waals surface area contributed by atoms with Gasteiger partial charge >= 0.3 is 0 Å². The van der Waals surface area contributed by atoms with Crippen LogP contribution in [0.2, 0.25) is 0 Å². The van der Waals surface area contributed by atoms with Gasteiger partial charge in [-0.1, -0.05) is 6.07 Å². The Morgan fingerprint density at radius 1 is 1.29 bits per heavy atom. The van der Waals surface area contributed by atoms with Crippen molar-refractivity contribution in [1.29, 1.82) is 0 Å². The molecule has 0 saturated heterocycles. The molecule has 0 bridgehead atoms. The maximum Gasteiger partial charge on any atom is 0.297 e. The molecular formula is C10H7N5O2. The van der Waals surface area contributed by atoms with E-state index in [4.69, 9.17) is 0 Å². The number of nitrogens with zero attached hydrogens (tertiary/aromatic N) is 3. The van der Waals surface area contributed by atoms with Crippen molar-refractivity contribution in [2.75, 3.05) is 0 Å². The third-order valence-electron chi connectivity index (χ3n) is 2.44. The molecule has 0 unspecified atom stereocenters. The zero-order valence-corrected chi connectivity index (χ0v) is 8.54. The first-order chi connectivity index (χ1) is 8.25. The summed E-state index contributed by atoms with van der Waals surface area (Å²) in [6.07, 6.45) is 1.59. The second-order valence-electron chi connectivity index (χ2n) is 3.49. The third-order valence-corrected chi connectivity index (χ3v) is 2.44. The summed E-state index contributed by atoms with van der Waals surface area (Å²) in [5.74, 6) is 0.534. The van der Waals surface area contributed by atoms with E-state index in [9.17, 15) is 10.1 Å². The molecule has 17 heavy (non-hydrogen) atoms. The molecular weight excluding hydrogens is 222 g/mol. The zero-order valence-electron chi connectivity index (χ0n) is 8.54. The van der Waals surface area contributed by atoms with E-state index in [1.807, 2.05) is 0 Å². The van der Waals surface area contributed by atoms with E-state index in [0.29, 0.717) is 22.6 Å². The number of hydrogen-bond acceptors (Lipinski definition) is 4. The van der Waals surface area contributed by atoms with Gasteiger partial charge in [0.05, 0.1) is 10.4 Å². The first-order valence-electron chi connectivity index (χ1n) is 4.88. The van der Waals surface area contributed by atoms with Crippen LogP contribution < -0.4 is 0 Å². The van der Waals surface area contributed by atoms with Crippen LogP contribution in [0.15, 0.2) is 30.5 Å². The average Bonchev–Trinajstić information content (AvgIpc) is 2.96. The average molecular weight is 229 g/mol. The topological polar surface area (TPSA) is 100 Å². The van der Waals surface area contributed by atoms with Crippen molar-refractivity contribution in [2.24, 2.45) is 0 Å². The lowest BCUT2D eigenvalue weighted by Crippen LogP contribution is -1.88. The van der Waals surface area contributed by atoms with E-state index in [1.165, 1.54) is 6.07 Å². The van der Waals surface area contributed by atoms with Crippen LogP contribution in [0.1, 0.15) is 0 Å². The van der Waals surface area contributed by atoms with Crippen molar-refractivity contribution in [1.82, 2.24) is 20.2 Å². The molecule has 0 aliphatic rings. The van der Waals surface area contributed by atoms with Gasteiger partial charge in [-0.25, -0.2) is 4.98 Å². The van der Waals surface area contributed by atoms with Crippen LogP contribution in [0.4, 0.5) is 5.69 Å². The van der Waals surface area contributed by atoms with Gasteiger partial charge in [0, 0.05) is 12.3 Å². The highest BCUT2D eigenvalue weighted by molar-refractivity contribution is 5.86. The molecule has 2 N–H and O–H groups in total. The van der Waals surface area contributed by atoms with Crippen LogP contribution >= 0.6 is 0 Å². The van der Waals surface area contributed by atoms with Crippen molar-refractivity contribution in [3.8, 4) is 11.5 Å². The fraction of sp³-hybridized carbons (Fsp3) is 0. The monoisotopic (exact) mass is 229 g/mol. The highest BCUT2D eigenvalue weighted by Gasteiger charge is 2.16. The van der Waals surface area contributed by atoms with Gasteiger partial charge in [-0.2, -0.15) is 5.10 Å². The van der Waals surface area contributed by atoms with Gasteiger partial charge in [-0.15, -0.1) is 0 Å². The summed E-state index contributed by atoms with van der Waals surface area (Å²) in [4.78, 5) is 17.6. The van der Waals surface area contributed by atoms with Crippen molar-refractivity contribution >= 4 is 16.7 Å². The summed E-state index contributed by atoms with van der Waals surface area (Å²) in [5, 5.41) is 17.4. The van der Waals surface area contributed by atoms with Gasteiger partial charge in [0.15, 0.2) is 11.3 Å². The van der Waals surface area contributed by atoms with Crippen LogP contribution in [-0.2, 0) is 0 Å². The third kappa shape index (κ3) is 1.44. The quantitative estimate of drug-likeness (QED) is 0.517. The second-order valence-corrected chi connectivity index (χ2v) is 3.49. The van der Waals surface area contributed by atoms with Gasteiger partial charge < -0.3 is 4.98 Å². The summed E-state index contributed by atoms with van der Waals surface area (Å²) >= 11 is 0. The van der Waals surface area contributed by atoms with E-state index < -0.39 is 4.92 Å². The molecule has 2 aromatic heterocycles. The maximum absolute atomic E-state index is 10.8. The number of fused-ring (bicyclic) bond motifs is 1. The van der Waals surface area contributed by atoms with Gasteiger partial charge in [-0.05, 0) is 12.1 Å². The summed E-state index contributed by atoms with van der Waals surface area (Å²) in [7, 11) is 0. The highest BCUT2D eigenvalue weighted by atomic mass is 16.6. The number of aromatic amines is 2. The minimum atomic E-state index is -0.445. The minimum Gasteiger partial charge on any atom is -0.336 e. The molecule has 1 aromatic carbocycles. The number of nitro benzene ring substituents is 1. The number of para-hydroxylation sites is 1. The normalized spacial score (nSPS) is 10.8. The molecule has 3 aromatic rings. The van der Waals surface area contributed by atoms with Crippen molar-refractivity contribution in [3.63, 3.8) is 0 Å². The molecule has 2 heterocycles. The Hall–Kier alpha value is -2.70. The summed E-state index contributed by atoms with van der Waals surface area (Å²) in [5.41, 5.74) is 1.66. The number of H-pyrrole nitrogens is 2. The van der Waals surface area contributed by atoms with Gasteiger partial charge in [0.1, 0.15) is 5.69 Å². The zero-order chi connectivity index (χ0) is 11.8. The molecule has 3 rings (SSSR count). The first kappa shape index (κ1) is 9.52. The SMILES string of the molecule is O=[N+]([O-])c1cccc2[nH]c(-c3ccn[nH]3)nc12. The van der Waals surface area contributed by atoms with Gasteiger partial charge in [0.25, 0.3) is 5.69 Å². The number of rotatable bonds is 2. The Morgan fingerprint density at radius 2 is 2.18 bits per heavy atom. The first-order valence-corrected chi connectivity index (χ1v) is 4.88. The molecule has 7 nitrogen and oxygen atoms in total. The van der Waals surface area contributed by atoms with Crippen LogP contribution in [-0.4, -0.2) is 25.1 Å². The Morgan fingerprint density at radius 3 is 2.88 bits per heavy atom. The lowest BCUT2D eigenvalue weighted by molar-refractivity contribution is -0.383. The Bertz CT molecular complexity index is 686. The standard InChI is InChI=1S/C10H7N5O2/c16-15(17)8-3-1-2-6-9(8)13-10(12-6)7-4-5-11-14-7/h1-5H,(H,11,14)(H,12,13). The second kappa shape index (κ2) is 3.41. The Kier molecular flexibility index (Phi) is 1.91. The molecule has 0 amide bonds. The van der Waals surface area contributed by atoms with Crippen LogP contribution in [0.25, 0.3) is 22.6 Å². The molecule has 0 aliphatic heterocycles. The molecule has 0 aliphatic carbocycles. The lowest BCUT2D eigenvalue weighted by atomic mass is 10.3. The predicted octanol–water partition coefficient (Wildman–Crippen LogP) is 1.86. The van der Waals surface area contributed by atoms with E-state index in [0.717, 1.165) is 0 Å². The van der Waals surface area contributed by atoms with Crippen molar-refractivity contribution in [2.45, 2.75) is 0 Å². The number of benzene rings is 1. The van der Waals surface area contributed by atoms with E-state index in [1.54, 1.807) is 24.4 Å². The highest BCUT2D eigenvalue weighted by Crippen LogP contribution is 2.25. The van der Waals surface area contributed by atoms with Crippen LogP contribution in [0.3, 0.4) is 0 Å². The number of imidazole rings is 1. The molecule has 0 fully saturated rings. The predicted molar refractivity (Wildman–Crippen MR) is 60.3 cm³/mol. The molecule has 0 spiro atoms. The fourth-order valence-electron chi connectivity index (χ4n) is 1.68. The van der Waals surface area contributed by atoms with Crippen LogP contribution in [0, 0.1) is 10.1 Å². The van der Waals surface area contributed by atoms with Crippen molar-refractivity contribution in [3.05, 3.63) is 40.6 Å². The molecule has 84 valence electrons. The van der Waals surface area contributed by atoms with E-state index in [2.05, 4.69) is 20.2 Å². The molecule has 7 heteroatoms. The lowest BCUT2D eigenvalue weighted by Gasteiger charge is -1.90. The molecule has 0 saturated carbocycles. The largest absolute Gasteiger partial charge is 0.336 e. The van der Waals surface area contributed by atoms with Gasteiger partial charge in [0.2, 0.25) is 0 Å². The smallest absolute Gasteiger partial charge is 0.297 e.